The smallest absolute Gasteiger partial charge is 0.162 e. The average Bonchev–Trinajstić information content (AvgIpc) is 2.91. The van der Waals surface area contributed by atoms with Gasteiger partial charge < -0.3 is 5.01 Å². The Labute approximate surface area is 131 Å². The van der Waals surface area contributed by atoms with Gasteiger partial charge in [0.1, 0.15) is 5.82 Å². The zero-order chi connectivity index (χ0) is 15.5. The topological polar surface area (TPSA) is 57.7 Å². The first-order chi connectivity index (χ1) is 10.7. The predicted molar refractivity (Wildman–Crippen MR) is 87.3 cm³/mol. The van der Waals surface area contributed by atoms with Crippen molar-refractivity contribution in [2.75, 3.05) is 18.1 Å². The first-order valence-electron chi connectivity index (χ1n) is 8.24. The fourth-order valence-electron chi connectivity index (χ4n) is 3.27. The number of hydrogen-bond donors (Lipinski definition) is 0. The van der Waals surface area contributed by atoms with Crippen molar-refractivity contribution in [2.45, 2.75) is 51.9 Å². The maximum atomic E-state index is 9.60. The van der Waals surface area contributed by atoms with E-state index in [2.05, 4.69) is 38.7 Å². The summed E-state index contributed by atoms with van der Waals surface area (Å²) in [5.41, 5.74) is 2.02. The van der Waals surface area contributed by atoms with E-state index in [9.17, 15) is 5.26 Å². The molecule has 0 radical (unpaired) electrons. The molecule has 5 nitrogen and oxygen atoms in total. The number of aryl methyl sites for hydroxylation is 1. The van der Waals surface area contributed by atoms with Gasteiger partial charge >= 0.3 is 0 Å². The Morgan fingerprint density at radius 3 is 2.77 bits per heavy atom. The van der Waals surface area contributed by atoms with Gasteiger partial charge in [0.2, 0.25) is 0 Å². The highest BCUT2D eigenvalue weighted by Gasteiger charge is 2.23. The lowest BCUT2D eigenvalue weighted by Gasteiger charge is -2.32. The summed E-state index contributed by atoms with van der Waals surface area (Å²) in [5.74, 6) is 0.695. The Balaban J connectivity index is 2.15. The minimum atomic E-state index is -0.0820. The summed E-state index contributed by atoms with van der Waals surface area (Å²) in [5, 5.41) is 13.0. The van der Waals surface area contributed by atoms with Crippen molar-refractivity contribution in [2.24, 2.45) is 0 Å². The SMILES string of the molecule is CCCC(C#N)c1cc2cnc(C)nc2n1N1CCCCC1. The number of nitrogens with zero attached hydrogens (tertiary/aromatic N) is 5. The molecule has 22 heavy (non-hydrogen) atoms. The molecule has 1 atom stereocenters. The zero-order valence-corrected chi connectivity index (χ0v) is 13.4. The number of aromatic nitrogens is 3. The van der Waals surface area contributed by atoms with Gasteiger partial charge in [-0.1, -0.05) is 13.3 Å². The summed E-state index contributed by atoms with van der Waals surface area (Å²) in [6.07, 6.45) is 7.46. The Morgan fingerprint density at radius 2 is 2.09 bits per heavy atom. The summed E-state index contributed by atoms with van der Waals surface area (Å²) in [4.78, 5) is 8.96. The van der Waals surface area contributed by atoms with Crippen LogP contribution >= 0.6 is 0 Å². The predicted octanol–water partition coefficient (Wildman–Crippen LogP) is 3.27. The van der Waals surface area contributed by atoms with E-state index in [1.165, 1.54) is 19.3 Å². The van der Waals surface area contributed by atoms with Gasteiger partial charge in [0.15, 0.2) is 5.65 Å². The summed E-state index contributed by atoms with van der Waals surface area (Å²) in [6.45, 7) is 6.11. The van der Waals surface area contributed by atoms with E-state index in [1.807, 2.05) is 13.1 Å². The van der Waals surface area contributed by atoms with E-state index in [-0.39, 0.29) is 5.92 Å². The third-order valence-electron chi connectivity index (χ3n) is 4.37. The molecule has 3 rings (SSSR count). The van der Waals surface area contributed by atoms with Gasteiger partial charge in [0, 0.05) is 24.7 Å². The van der Waals surface area contributed by atoms with Crippen molar-refractivity contribution in [3.8, 4) is 6.07 Å². The lowest BCUT2D eigenvalue weighted by molar-refractivity contribution is 0.470. The number of piperidine rings is 1. The fourth-order valence-corrected chi connectivity index (χ4v) is 3.27. The lowest BCUT2D eigenvalue weighted by Crippen LogP contribution is -2.40. The largest absolute Gasteiger partial charge is 0.311 e. The first kappa shape index (κ1) is 14.8. The molecular weight excluding hydrogens is 274 g/mol. The molecule has 1 aliphatic rings. The summed E-state index contributed by atoms with van der Waals surface area (Å²) in [6, 6.07) is 4.58. The molecule has 2 aromatic rings. The van der Waals surface area contributed by atoms with Crippen LogP contribution in [0.2, 0.25) is 0 Å². The van der Waals surface area contributed by atoms with Crippen LogP contribution in [-0.4, -0.2) is 27.7 Å². The molecule has 0 amide bonds. The lowest BCUT2D eigenvalue weighted by atomic mass is 10.0. The van der Waals surface area contributed by atoms with E-state index in [0.717, 1.165) is 48.5 Å². The molecule has 0 aliphatic carbocycles. The second kappa shape index (κ2) is 6.35. The Morgan fingerprint density at radius 1 is 1.32 bits per heavy atom. The number of fused-ring (bicyclic) bond motifs is 1. The van der Waals surface area contributed by atoms with E-state index in [0.29, 0.717) is 0 Å². The Kier molecular flexibility index (Phi) is 4.28. The molecule has 116 valence electrons. The summed E-state index contributed by atoms with van der Waals surface area (Å²) >= 11 is 0. The molecule has 3 heterocycles. The second-order valence-corrected chi connectivity index (χ2v) is 6.06. The highest BCUT2D eigenvalue weighted by molar-refractivity contribution is 5.77. The van der Waals surface area contributed by atoms with Crippen molar-refractivity contribution in [3.63, 3.8) is 0 Å². The van der Waals surface area contributed by atoms with Gasteiger partial charge in [0.25, 0.3) is 0 Å². The average molecular weight is 297 g/mol. The van der Waals surface area contributed by atoms with Gasteiger partial charge in [-0.15, -0.1) is 0 Å². The number of rotatable bonds is 4. The number of nitriles is 1. The van der Waals surface area contributed by atoms with Crippen LogP contribution < -0.4 is 5.01 Å². The molecule has 0 aromatic carbocycles. The quantitative estimate of drug-likeness (QED) is 0.869. The Hall–Kier alpha value is -2.09. The van der Waals surface area contributed by atoms with Crippen LogP contribution in [0.5, 0.6) is 0 Å². The molecule has 1 aliphatic heterocycles. The van der Waals surface area contributed by atoms with Crippen molar-refractivity contribution < 1.29 is 0 Å². The van der Waals surface area contributed by atoms with Crippen molar-refractivity contribution >= 4 is 11.0 Å². The highest BCUT2D eigenvalue weighted by atomic mass is 15.6. The van der Waals surface area contributed by atoms with Crippen LogP contribution in [-0.2, 0) is 0 Å². The number of hydrogen-bond acceptors (Lipinski definition) is 4. The zero-order valence-electron chi connectivity index (χ0n) is 13.4. The maximum Gasteiger partial charge on any atom is 0.162 e. The molecule has 5 heteroatoms. The van der Waals surface area contributed by atoms with Crippen LogP contribution in [0.1, 0.15) is 56.5 Å². The van der Waals surface area contributed by atoms with Gasteiger partial charge in [-0.25, -0.2) is 14.6 Å². The van der Waals surface area contributed by atoms with Crippen molar-refractivity contribution in [1.29, 1.82) is 5.26 Å². The normalized spacial score (nSPS) is 16.7. The molecule has 1 unspecified atom stereocenters. The van der Waals surface area contributed by atoms with Gasteiger partial charge in [0.05, 0.1) is 17.7 Å². The van der Waals surface area contributed by atoms with Crippen LogP contribution in [0.15, 0.2) is 12.3 Å². The third kappa shape index (κ3) is 2.66. The third-order valence-corrected chi connectivity index (χ3v) is 4.37. The summed E-state index contributed by atoms with van der Waals surface area (Å²) in [7, 11) is 0. The van der Waals surface area contributed by atoms with Crippen LogP contribution in [0.25, 0.3) is 11.0 Å². The standard InChI is InChI=1S/C17H23N5/c1-3-7-14(11-18)16-10-15-12-19-13(2)20-17(15)22(16)21-8-5-4-6-9-21/h10,12,14H,3-9H2,1-2H3. The van der Waals surface area contributed by atoms with Gasteiger partial charge in [-0.05, 0) is 38.7 Å². The molecule has 0 N–H and O–H groups in total. The molecule has 0 bridgehead atoms. The minimum Gasteiger partial charge on any atom is -0.311 e. The molecule has 0 saturated carbocycles. The van der Waals surface area contributed by atoms with Gasteiger partial charge in [-0.2, -0.15) is 5.26 Å². The van der Waals surface area contributed by atoms with Crippen molar-refractivity contribution in [3.05, 3.63) is 23.8 Å². The van der Waals surface area contributed by atoms with Crippen LogP contribution in [0.4, 0.5) is 0 Å². The first-order valence-corrected chi connectivity index (χ1v) is 8.24. The van der Waals surface area contributed by atoms with Gasteiger partial charge in [-0.3, -0.25) is 0 Å². The molecular formula is C17H23N5. The van der Waals surface area contributed by atoms with Crippen LogP contribution in [0.3, 0.4) is 0 Å². The second-order valence-electron chi connectivity index (χ2n) is 6.06. The Bertz CT molecular complexity index is 691. The van der Waals surface area contributed by atoms with E-state index >= 15 is 0 Å². The summed E-state index contributed by atoms with van der Waals surface area (Å²) < 4.78 is 2.20. The van der Waals surface area contributed by atoms with Crippen LogP contribution in [0, 0.1) is 18.3 Å². The molecule has 1 fully saturated rings. The highest BCUT2D eigenvalue weighted by Crippen LogP contribution is 2.28. The monoisotopic (exact) mass is 297 g/mol. The minimum absolute atomic E-state index is 0.0820. The van der Waals surface area contributed by atoms with Crippen molar-refractivity contribution in [1.82, 2.24) is 14.6 Å². The fraction of sp³-hybridized carbons (Fsp3) is 0.588. The molecule has 2 aromatic heterocycles. The molecule has 0 spiro atoms. The van der Waals surface area contributed by atoms with E-state index in [4.69, 9.17) is 0 Å². The van der Waals surface area contributed by atoms with E-state index < -0.39 is 0 Å². The molecule has 1 saturated heterocycles. The maximum absolute atomic E-state index is 9.60. The van der Waals surface area contributed by atoms with E-state index in [1.54, 1.807) is 0 Å².